The number of ketones is 1. The number of ether oxygens (including phenoxy) is 2. The second-order valence-corrected chi connectivity index (χ2v) is 4.99. The van der Waals surface area contributed by atoms with E-state index >= 15 is 0 Å². The zero-order valence-corrected chi connectivity index (χ0v) is 13.4. The van der Waals surface area contributed by atoms with Gasteiger partial charge in [-0.2, -0.15) is 0 Å². The van der Waals surface area contributed by atoms with Crippen molar-refractivity contribution in [1.82, 2.24) is 4.90 Å². The summed E-state index contributed by atoms with van der Waals surface area (Å²) in [6, 6.07) is -1.67. The van der Waals surface area contributed by atoms with E-state index in [9.17, 15) is 6.17 Å². The van der Waals surface area contributed by atoms with Crippen LogP contribution in [-0.4, -0.2) is 37.9 Å². The molecule has 2 aliphatic rings. The van der Waals surface area contributed by atoms with E-state index in [4.69, 9.17) is 31.4 Å². The fourth-order valence-corrected chi connectivity index (χ4v) is 2.38. The van der Waals surface area contributed by atoms with Crippen LogP contribution in [0.2, 0.25) is 0 Å². The first kappa shape index (κ1) is 6.01. The Bertz CT molecular complexity index is 1240. The average molecular weight is 349 g/mol. The summed E-state index contributed by atoms with van der Waals surface area (Å²) >= 11 is 0. The summed E-state index contributed by atoms with van der Waals surface area (Å²) in [5.74, 6) is -9.63. The number of benzene rings is 1. The van der Waals surface area contributed by atoms with E-state index in [2.05, 4.69) is 0 Å². The number of nitrogens with zero attached hydrogens (tertiary/aromatic N) is 1. The predicted molar refractivity (Wildman–Crippen MR) is 94.8 cm³/mol. The predicted octanol–water partition coefficient (Wildman–Crippen LogP) is 3.63. The van der Waals surface area contributed by atoms with Crippen LogP contribution in [0, 0.1) is 11.8 Å². The monoisotopic (exact) mass is 348 g/mol. The molecule has 0 spiro atoms. The van der Waals surface area contributed by atoms with Crippen LogP contribution in [0.5, 0.6) is 11.5 Å². The van der Waals surface area contributed by atoms with Gasteiger partial charge in [0.05, 0.1) is 15.6 Å². The number of Topliss-reactive ketones (excluding diaryl/α,β-unsaturated/α-hetero) is 1. The number of piperidine rings is 1. The van der Waals surface area contributed by atoms with Crippen molar-refractivity contribution < 1.29 is 37.6 Å². The molecule has 0 aliphatic carbocycles. The maximum atomic E-state index is 13.9. The lowest BCUT2D eigenvalue weighted by Gasteiger charge is -2.43. The number of fused-ring (bicyclic) bond motifs is 3. The zero-order chi connectivity index (χ0) is 32.4. The molecule has 1 fully saturated rings. The summed E-state index contributed by atoms with van der Waals surface area (Å²) in [4.78, 5) is 13.6. The Morgan fingerprint density at radius 2 is 2.25 bits per heavy atom. The van der Waals surface area contributed by atoms with Crippen molar-refractivity contribution in [3.8, 4) is 11.5 Å². The van der Waals surface area contributed by atoms with E-state index < -0.39 is 80.1 Å². The molecule has 4 nitrogen and oxygen atoms in total. The minimum absolute atomic E-state index is 0.162. The average Bonchev–Trinajstić information content (AvgIpc) is 2.78. The van der Waals surface area contributed by atoms with Gasteiger partial charge in [0.1, 0.15) is 5.78 Å². The first-order valence-electron chi connectivity index (χ1n) is 15.6. The van der Waals surface area contributed by atoms with Gasteiger partial charge in [-0.05, 0) is 41.9 Å². The number of methoxy groups -OCH3 is 2. The van der Waals surface area contributed by atoms with Gasteiger partial charge in [-0.25, -0.2) is 0 Å². The fourth-order valence-electron chi connectivity index (χ4n) is 2.38. The van der Waals surface area contributed by atoms with Crippen LogP contribution < -0.4 is 9.47 Å². The van der Waals surface area contributed by atoms with Gasteiger partial charge < -0.3 is 9.47 Å². The first-order valence-corrected chi connectivity index (χ1v) is 7.12. The Kier molecular flexibility index (Phi) is 1.79. The lowest BCUT2D eigenvalue weighted by molar-refractivity contribution is -0.129. The van der Waals surface area contributed by atoms with E-state index in [1.54, 1.807) is 0 Å². The lowest BCUT2D eigenvalue weighted by atomic mass is 9.79. The maximum absolute atomic E-state index is 13.9. The normalized spacial score (nSPS) is 49.9. The fraction of sp³-hybridized carbons (Fsp3) is 0.650. The van der Waals surface area contributed by atoms with Crippen molar-refractivity contribution in [2.75, 3.05) is 27.2 Å². The second-order valence-electron chi connectivity index (χ2n) is 4.99. The molecule has 132 valence electrons. The van der Waals surface area contributed by atoms with Crippen molar-refractivity contribution in [3.05, 3.63) is 23.3 Å². The van der Waals surface area contributed by atoms with Crippen LogP contribution in [0.3, 0.4) is 0 Å². The molecule has 24 heavy (non-hydrogen) atoms. The summed E-state index contributed by atoms with van der Waals surface area (Å²) in [5, 5.41) is 0. The molecule has 2 heterocycles. The zero-order valence-electron chi connectivity index (χ0n) is 30.4. The van der Waals surface area contributed by atoms with Crippen LogP contribution in [0.15, 0.2) is 12.1 Å². The van der Waals surface area contributed by atoms with Gasteiger partial charge in [-0.15, -0.1) is 0 Å². The molecular formula is C20H29NO3. The third kappa shape index (κ3) is 3.16. The number of rotatable bonds is 5. The van der Waals surface area contributed by atoms with Crippen LogP contribution in [0.25, 0.3) is 0 Å². The van der Waals surface area contributed by atoms with Crippen molar-refractivity contribution in [3.63, 3.8) is 0 Å². The number of carbonyl (C=O) groups is 1. The van der Waals surface area contributed by atoms with Crippen LogP contribution >= 0.6 is 0 Å². The summed E-state index contributed by atoms with van der Waals surface area (Å²) < 4.78 is 154. The minimum atomic E-state index is -4.09. The standard InChI is InChI=1S/C20H29NO3/c1-5-13(2)8-15-12-21-7-6-14-9-19(23-3)20(24-4)10-16(14)17(21)11-18(15)22/h9-10,13,15,17H,5-8,11-12H2,1-4H3/i2D3,5D2,6D2,7D2,8D2,11D2,12D2,13D,17D. The molecule has 1 saturated heterocycles. The van der Waals surface area contributed by atoms with Gasteiger partial charge in [0.2, 0.25) is 0 Å². The highest BCUT2D eigenvalue weighted by Crippen LogP contribution is 2.42. The minimum Gasteiger partial charge on any atom is -0.493 e. The van der Waals surface area contributed by atoms with Crippen molar-refractivity contribution in [1.29, 1.82) is 0 Å². The van der Waals surface area contributed by atoms with E-state index in [0.29, 0.717) is 6.92 Å². The molecule has 4 heteroatoms. The number of hydrogen-bond donors (Lipinski definition) is 0. The summed E-state index contributed by atoms with van der Waals surface area (Å²) in [6.45, 7) is -11.0. The van der Waals surface area contributed by atoms with Crippen molar-refractivity contribution >= 4 is 5.78 Å². The van der Waals surface area contributed by atoms with E-state index in [0.717, 1.165) is 19.2 Å². The van der Waals surface area contributed by atoms with Gasteiger partial charge in [0.25, 0.3) is 0 Å². The third-order valence-electron chi connectivity index (χ3n) is 3.61. The quantitative estimate of drug-likeness (QED) is 0.814. The summed E-state index contributed by atoms with van der Waals surface area (Å²) in [7, 11) is 2.31. The smallest absolute Gasteiger partial charge is 0.161 e. The molecule has 0 radical (unpaired) electrons. The Morgan fingerprint density at radius 1 is 1.50 bits per heavy atom. The van der Waals surface area contributed by atoms with Crippen molar-refractivity contribution in [2.45, 2.75) is 45.3 Å². The molecule has 0 N–H and O–H groups in total. The molecule has 0 aromatic heterocycles. The SMILES string of the molecule is [2H]C1([2H])C(C([2H])([2H])C([2H])(C([2H])([2H])[2H])C([2H])([2H])C)C(=O)C([2H])([2H])C2([2H])c3cc(OC)c(OC)cc3C([2H])([2H])C([2H])([2H])N12. The van der Waals surface area contributed by atoms with Gasteiger partial charge >= 0.3 is 0 Å². The van der Waals surface area contributed by atoms with Gasteiger partial charge in [-0.1, -0.05) is 20.1 Å². The van der Waals surface area contributed by atoms with Gasteiger partial charge in [-0.3, -0.25) is 9.69 Å². The maximum Gasteiger partial charge on any atom is 0.161 e. The van der Waals surface area contributed by atoms with Crippen LogP contribution in [-0.2, 0) is 11.2 Å². The second kappa shape index (κ2) is 7.14. The topological polar surface area (TPSA) is 38.8 Å². The van der Waals surface area contributed by atoms with E-state index in [1.165, 1.54) is 7.11 Å². The molecule has 0 saturated carbocycles. The Hall–Kier alpha value is -1.55. The van der Waals surface area contributed by atoms with Crippen LogP contribution in [0.4, 0.5) is 0 Å². The highest BCUT2D eigenvalue weighted by molar-refractivity contribution is 5.83. The Morgan fingerprint density at radius 3 is 2.92 bits per heavy atom. The number of aryl methyl sites for hydroxylation is 1. The number of hydrogen-bond acceptors (Lipinski definition) is 4. The summed E-state index contributed by atoms with van der Waals surface area (Å²) in [6.07, 6.45) is -14.5. The third-order valence-corrected chi connectivity index (χ3v) is 3.61. The highest BCUT2D eigenvalue weighted by atomic mass is 16.5. The van der Waals surface area contributed by atoms with Gasteiger partial charge in [0.15, 0.2) is 11.5 Å². The molecule has 3 atom stereocenters. The largest absolute Gasteiger partial charge is 0.493 e. The molecule has 0 amide bonds. The molecule has 1 aromatic carbocycles. The molecule has 3 unspecified atom stereocenters. The number of carbonyl (C=O) groups excluding carboxylic acids is 1. The Labute approximate surface area is 169 Å². The van der Waals surface area contributed by atoms with Gasteiger partial charge in [0, 0.05) is 53.2 Å². The molecule has 2 aliphatic heterocycles. The molecular weight excluding hydrogens is 302 g/mol. The van der Waals surface area contributed by atoms with E-state index in [-0.39, 0.29) is 16.4 Å². The van der Waals surface area contributed by atoms with Crippen molar-refractivity contribution in [2.24, 2.45) is 11.8 Å². The highest BCUT2D eigenvalue weighted by Gasteiger charge is 2.38. The van der Waals surface area contributed by atoms with Crippen LogP contribution in [0.1, 0.15) is 73.3 Å². The molecule has 0 bridgehead atoms. The van der Waals surface area contributed by atoms with E-state index in [1.807, 2.05) is 0 Å². The molecule has 1 aromatic rings. The first-order chi connectivity index (χ1) is 18.0. The molecule has 3 rings (SSSR count). The Balaban J connectivity index is 2.53. The summed E-state index contributed by atoms with van der Waals surface area (Å²) in [5.41, 5.74) is -1.45. The lowest BCUT2D eigenvalue weighted by Crippen LogP contribution is -2.46.